The molecular weight excluding hydrogens is 292 g/mol. The summed E-state index contributed by atoms with van der Waals surface area (Å²) in [5.41, 5.74) is 0. The van der Waals surface area contributed by atoms with Gasteiger partial charge in [-0.3, -0.25) is 0 Å². The van der Waals surface area contributed by atoms with Crippen molar-refractivity contribution in [3.8, 4) is 0 Å². The van der Waals surface area contributed by atoms with Gasteiger partial charge >= 0.3 is 0 Å². The second kappa shape index (κ2) is 9.13. The zero-order valence-corrected chi connectivity index (χ0v) is 11.8. The van der Waals surface area contributed by atoms with Gasteiger partial charge in [-0.15, -0.1) is 11.3 Å². The molecule has 3 nitrogen and oxygen atoms in total. The Bertz CT molecular complexity index is 278. The molecule has 5 heteroatoms. The summed E-state index contributed by atoms with van der Waals surface area (Å²) in [7, 11) is 1.67. The van der Waals surface area contributed by atoms with Gasteiger partial charge in [0.25, 0.3) is 0 Å². The summed E-state index contributed by atoms with van der Waals surface area (Å²) in [6.45, 7) is 3.48. The van der Waals surface area contributed by atoms with E-state index in [-0.39, 0.29) is 0 Å². The minimum Gasteiger partial charge on any atom is -0.382 e. The van der Waals surface area contributed by atoms with Crippen LogP contribution in [0.15, 0.2) is 15.9 Å². The molecule has 0 N–H and O–H groups in total. The van der Waals surface area contributed by atoms with E-state index in [2.05, 4.69) is 27.4 Å². The number of hydrogen-bond acceptors (Lipinski definition) is 4. The number of methoxy groups -OCH3 is 1. The maximum Gasteiger partial charge on any atom is 0.0809 e. The maximum absolute atomic E-state index is 5.52. The first kappa shape index (κ1) is 14.1. The van der Waals surface area contributed by atoms with Gasteiger partial charge in [-0.2, -0.15) is 0 Å². The minimum absolute atomic E-state index is 0.657. The van der Waals surface area contributed by atoms with Crippen LogP contribution < -0.4 is 0 Å². The molecule has 0 aromatic carbocycles. The molecule has 16 heavy (non-hydrogen) atoms. The number of rotatable bonds is 9. The Morgan fingerprint density at radius 1 is 1.19 bits per heavy atom. The average molecular weight is 309 g/mol. The van der Waals surface area contributed by atoms with Crippen LogP contribution in [0.3, 0.4) is 0 Å². The summed E-state index contributed by atoms with van der Waals surface area (Å²) in [6, 6.07) is 2.08. The fraction of sp³-hybridized carbons (Fsp3) is 0.636. The van der Waals surface area contributed by atoms with Gasteiger partial charge < -0.3 is 14.2 Å². The van der Waals surface area contributed by atoms with E-state index in [9.17, 15) is 0 Å². The first-order valence-electron chi connectivity index (χ1n) is 5.20. The van der Waals surface area contributed by atoms with E-state index in [0.717, 1.165) is 24.1 Å². The van der Waals surface area contributed by atoms with Crippen molar-refractivity contribution in [1.82, 2.24) is 0 Å². The lowest BCUT2D eigenvalue weighted by atomic mass is 10.4. The summed E-state index contributed by atoms with van der Waals surface area (Å²) >= 11 is 5.12. The van der Waals surface area contributed by atoms with Crippen LogP contribution in [0, 0.1) is 0 Å². The van der Waals surface area contributed by atoms with Crippen molar-refractivity contribution in [3.63, 3.8) is 0 Å². The molecule has 0 unspecified atom stereocenters. The van der Waals surface area contributed by atoms with Crippen molar-refractivity contribution < 1.29 is 14.2 Å². The lowest BCUT2D eigenvalue weighted by Crippen LogP contribution is -2.05. The van der Waals surface area contributed by atoms with Gasteiger partial charge in [-0.1, -0.05) is 0 Å². The average Bonchev–Trinajstić information content (AvgIpc) is 2.68. The molecule has 0 aliphatic carbocycles. The highest BCUT2D eigenvalue weighted by Gasteiger charge is 1.97. The molecule has 1 aromatic rings. The van der Waals surface area contributed by atoms with Crippen LogP contribution >= 0.6 is 27.3 Å². The van der Waals surface area contributed by atoms with Crippen LogP contribution in [0.4, 0.5) is 0 Å². The Kier molecular flexibility index (Phi) is 8.06. The summed E-state index contributed by atoms with van der Waals surface area (Å²) in [6.07, 6.45) is 0.927. The second-order valence-corrected chi connectivity index (χ2v) is 5.15. The van der Waals surface area contributed by atoms with Gasteiger partial charge in [0.1, 0.15) is 0 Å². The lowest BCUT2D eigenvalue weighted by molar-refractivity contribution is 0.0487. The van der Waals surface area contributed by atoms with Crippen LogP contribution in [0.5, 0.6) is 0 Å². The van der Waals surface area contributed by atoms with Gasteiger partial charge in [-0.25, -0.2) is 0 Å². The predicted octanol–water partition coefficient (Wildman–Crippen LogP) is 3.08. The van der Waals surface area contributed by atoms with E-state index in [1.807, 2.05) is 0 Å². The first-order valence-corrected chi connectivity index (χ1v) is 6.87. The third kappa shape index (κ3) is 6.60. The third-order valence-corrected chi connectivity index (χ3v) is 3.55. The summed E-state index contributed by atoms with van der Waals surface area (Å²) in [4.78, 5) is 1.24. The third-order valence-electron chi connectivity index (χ3n) is 1.88. The van der Waals surface area contributed by atoms with Crippen LogP contribution in [-0.4, -0.2) is 33.5 Å². The van der Waals surface area contributed by atoms with Crippen molar-refractivity contribution in [2.24, 2.45) is 0 Å². The molecule has 0 saturated carbocycles. The summed E-state index contributed by atoms with van der Waals surface area (Å²) in [5, 5.41) is 2.06. The standard InChI is InChI=1S/C11H17BrO3S/c1-13-5-6-14-3-2-4-15-8-11-7-10(12)9-16-11/h7,9H,2-6,8H2,1H3. The van der Waals surface area contributed by atoms with Crippen molar-refractivity contribution >= 4 is 27.3 Å². The topological polar surface area (TPSA) is 27.7 Å². The molecule has 1 rings (SSSR count). The van der Waals surface area contributed by atoms with Crippen molar-refractivity contribution in [1.29, 1.82) is 0 Å². The van der Waals surface area contributed by atoms with E-state index in [4.69, 9.17) is 14.2 Å². The van der Waals surface area contributed by atoms with Gasteiger partial charge in [0.15, 0.2) is 0 Å². The highest BCUT2D eigenvalue weighted by Crippen LogP contribution is 2.20. The summed E-state index contributed by atoms with van der Waals surface area (Å²) < 4.78 is 16.8. The molecule has 0 radical (unpaired) electrons. The molecule has 1 heterocycles. The normalized spacial score (nSPS) is 10.9. The molecule has 0 saturated heterocycles. The predicted molar refractivity (Wildman–Crippen MR) is 69.0 cm³/mol. The fourth-order valence-electron chi connectivity index (χ4n) is 1.11. The Morgan fingerprint density at radius 2 is 2.00 bits per heavy atom. The molecule has 0 atom stereocenters. The van der Waals surface area contributed by atoms with E-state index in [1.54, 1.807) is 18.4 Å². The number of thiophene rings is 1. The van der Waals surface area contributed by atoms with E-state index < -0.39 is 0 Å². The summed E-state index contributed by atoms with van der Waals surface area (Å²) in [5.74, 6) is 0. The molecule has 0 amide bonds. The first-order chi connectivity index (χ1) is 7.83. The Morgan fingerprint density at radius 3 is 2.69 bits per heavy atom. The molecule has 92 valence electrons. The fourth-order valence-corrected chi connectivity index (χ4v) is 2.50. The van der Waals surface area contributed by atoms with E-state index in [0.29, 0.717) is 19.8 Å². The Hall–Kier alpha value is 0.0600. The van der Waals surface area contributed by atoms with Crippen LogP contribution in [-0.2, 0) is 20.8 Å². The SMILES string of the molecule is COCCOCCCOCc1cc(Br)cs1. The molecule has 0 fully saturated rings. The highest BCUT2D eigenvalue weighted by molar-refractivity contribution is 9.10. The van der Waals surface area contributed by atoms with Crippen LogP contribution in [0.25, 0.3) is 0 Å². The minimum atomic E-state index is 0.657. The molecule has 0 aliphatic heterocycles. The van der Waals surface area contributed by atoms with Crippen molar-refractivity contribution in [2.75, 3.05) is 33.5 Å². The smallest absolute Gasteiger partial charge is 0.0809 e. The second-order valence-electron chi connectivity index (χ2n) is 3.24. The van der Waals surface area contributed by atoms with E-state index in [1.165, 1.54) is 4.88 Å². The van der Waals surface area contributed by atoms with Crippen molar-refractivity contribution in [2.45, 2.75) is 13.0 Å². The van der Waals surface area contributed by atoms with Crippen molar-refractivity contribution in [3.05, 3.63) is 20.8 Å². The van der Waals surface area contributed by atoms with Gasteiger partial charge in [0, 0.05) is 35.1 Å². The van der Waals surface area contributed by atoms with Crippen LogP contribution in [0.2, 0.25) is 0 Å². The Labute approximate surface area is 109 Å². The van der Waals surface area contributed by atoms with Gasteiger partial charge in [0.05, 0.1) is 19.8 Å². The number of ether oxygens (including phenoxy) is 3. The molecule has 0 aliphatic rings. The molecule has 0 bridgehead atoms. The lowest BCUT2D eigenvalue weighted by Gasteiger charge is -2.04. The van der Waals surface area contributed by atoms with Gasteiger partial charge in [-0.05, 0) is 28.4 Å². The molecular formula is C11H17BrO3S. The Balaban J connectivity index is 1.88. The number of hydrogen-bond donors (Lipinski definition) is 0. The maximum atomic E-state index is 5.52. The molecule has 1 aromatic heterocycles. The van der Waals surface area contributed by atoms with Crippen LogP contribution in [0.1, 0.15) is 11.3 Å². The monoisotopic (exact) mass is 308 g/mol. The van der Waals surface area contributed by atoms with E-state index >= 15 is 0 Å². The largest absolute Gasteiger partial charge is 0.382 e. The zero-order chi connectivity index (χ0) is 11.6. The highest BCUT2D eigenvalue weighted by atomic mass is 79.9. The zero-order valence-electron chi connectivity index (χ0n) is 9.41. The number of halogens is 1. The van der Waals surface area contributed by atoms with Gasteiger partial charge in [0.2, 0.25) is 0 Å². The quantitative estimate of drug-likeness (QED) is 0.656. The molecule has 0 spiro atoms.